The molecule has 2 aliphatic heterocycles. The van der Waals surface area contributed by atoms with Gasteiger partial charge in [0, 0.05) is 30.6 Å². The third-order valence-electron chi connectivity index (χ3n) is 6.72. The van der Waals surface area contributed by atoms with Gasteiger partial charge in [0.15, 0.2) is 17.2 Å². The average Bonchev–Trinajstić information content (AvgIpc) is 3.34. The summed E-state index contributed by atoms with van der Waals surface area (Å²) in [6, 6.07) is 3.10. The molecule has 0 aliphatic carbocycles. The Bertz CT molecular complexity index is 1260. The van der Waals surface area contributed by atoms with E-state index in [1.165, 1.54) is 6.07 Å². The summed E-state index contributed by atoms with van der Waals surface area (Å²) in [4.78, 5) is 11.0. The van der Waals surface area contributed by atoms with Crippen molar-refractivity contribution in [1.82, 2.24) is 20.2 Å². The molecule has 1 aromatic carbocycles. The third kappa shape index (κ3) is 3.81. The molecule has 7 nitrogen and oxygen atoms in total. The van der Waals surface area contributed by atoms with E-state index in [1.807, 2.05) is 11.8 Å². The van der Waals surface area contributed by atoms with Crippen molar-refractivity contribution in [3.05, 3.63) is 46.8 Å². The summed E-state index contributed by atoms with van der Waals surface area (Å²) in [5, 5.41) is 6.87. The molecular weight excluding hydrogens is 433 g/mol. The van der Waals surface area contributed by atoms with E-state index in [9.17, 15) is 13.2 Å². The number of hydrogen-bond donors (Lipinski definition) is 2. The summed E-state index contributed by atoms with van der Waals surface area (Å²) in [7, 11) is 0. The zero-order valence-corrected chi connectivity index (χ0v) is 18.0. The maximum Gasteiger partial charge on any atom is 0.177 e. The van der Waals surface area contributed by atoms with Crippen molar-refractivity contribution in [3.63, 3.8) is 0 Å². The lowest BCUT2D eigenvalue weighted by Crippen LogP contribution is -2.51. The zero-order chi connectivity index (χ0) is 23.2. The van der Waals surface area contributed by atoms with Crippen LogP contribution in [-0.2, 0) is 11.4 Å². The van der Waals surface area contributed by atoms with Crippen molar-refractivity contribution in [1.29, 1.82) is 0 Å². The first-order valence-corrected chi connectivity index (χ1v) is 10.8. The molecule has 5 rings (SSSR count). The number of alkyl halides is 1. The van der Waals surface area contributed by atoms with Crippen LogP contribution in [0.1, 0.15) is 36.7 Å². The number of benzene rings is 1. The third-order valence-corrected chi connectivity index (χ3v) is 6.72. The maximum atomic E-state index is 13.9. The Morgan fingerprint density at radius 3 is 2.70 bits per heavy atom. The van der Waals surface area contributed by atoms with Gasteiger partial charge >= 0.3 is 0 Å². The number of hydrogen-bond acceptors (Lipinski definition) is 6. The minimum Gasteiger partial charge on any atom is -0.376 e. The van der Waals surface area contributed by atoms with Gasteiger partial charge in [-0.2, -0.15) is 5.10 Å². The van der Waals surface area contributed by atoms with E-state index in [-0.39, 0.29) is 34.5 Å². The minimum atomic E-state index is -0.801. The second kappa shape index (κ2) is 8.32. The van der Waals surface area contributed by atoms with Gasteiger partial charge in [-0.15, -0.1) is 0 Å². The highest BCUT2D eigenvalue weighted by atomic mass is 19.1. The summed E-state index contributed by atoms with van der Waals surface area (Å²) in [5.41, 5.74) is 7.42. The van der Waals surface area contributed by atoms with Gasteiger partial charge in [0.2, 0.25) is 0 Å². The van der Waals surface area contributed by atoms with Gasteiger partial charge < -0.3 is 15.4 Å². The van der Waals surface area contributed by atoms with Crippen molar-refractivity contribution in [2.45, 2.75) is 38.6 Å². The van der Waals surface area contributed by atoms with E-state index in [0.29, 0.717) is 36.7 Å². The molecule has 10 heteroatoms. The number of rotatable bonds is 2. The molecule has 0 radical (unpaired) electrons. The highest BCUT2D eigenvalue weighted by Gasteiger charge is 2.47. The summed E-state index contributed by atoms with van der Waals surface area (Å²) < 4.78 is 46.7. The largest absolute Gasteiger partial charge is 0.376 e. The van der Waals surface area contributed by atoms with Crippen LogP contribution in [0.4, 0.5) is 19.0 Å². The summed E-state index contributed by atoms with van der Waals surface area (Å²) in [6.07, 6.45) is 1.68. The lowest BCUT2D eigenvalue weighted by atomic mass is 9.73. The predicted molar refractivity (Wildman–Crippen MR) is 116 cm³/mol. The predicted octanol–water partition coefficient (Wildman–Crippen LogP) is 2.83. The van der Waals surface area contributed by atoms with E-state index in [0.717, 1.165) is 25.0 Å². The second-order valence-electron chi connectivity index (χ2n) is 8.66. The zero-order valence-electron chi connectivity index (χ0n) is 18.0. The molecule has 0 saturated carbocycles. The van der Waals surface area contributed by atoms with Crippen molar-refractivity contribution in [2.24, 2.45) is 11.1 Å². The van der Waals surface area contributed by atoms with Crippen molar-refractivity contribution < 1.29 is 17.9 Å². The number of nitrogens with one attached hydrogen (secondary N) is 1. The molecule has 4 heterocycles. The fourth-order valence-electron chi connectivity index (χ4n) is 4.65. The molecule has 3 aromatic rings. The lowest BCUT2D eigenvalue weighted by molar-refractivity contribution is 0.0974. The van der Waals surface area contributed by atoms with Crippen LogP contribution in [0, 0.1) is 28.9 Å². The van der Waals surface area contributed by atoms with Crippen LogP contribution in [0.3, 0.4) is 0 Å². The maximum absolute atomic E-state index is 13.9. The van der Waals surface area contributed by atoms with E-state index in [4.69, 9.17) is 10.5 Å². The monoisotopic (exact) mass is 456 g/mol. The van der Waals surface area contributed by atoms with Crippen LogP contribution in [0.2, 0.25) is 0 Å². The molecule has 0 unspecified atom stereocenters. The summed E-state index contributed by atoms with van der Waals surface area (Å²) >= 11 is 0. The number of aromatic amines is 1. The van der Waals surface area contributed by atoms with Crippen LogP contribution < -0.4 is 10.6 Å². The Kier molecular flexibility index (Phi) is 5.46. The number of fused-ring (bicyclic) bond motifs is 1. The van der Waals surface area contributed by atoms with Crippen molar-refractivity contribution in [3.8, 4) is 11.8 Å². The first-order valence-electron chi connectivity index (χ1n) is 10.8. The van der Waals surface area contributed by atoms with Crippen LogP contribution in [-0.4, -0.2) is 52.0 Å². The molecular formula is C23H23F3N6O. The van der Waals surface area contributed by atoms with Gasteiger partial charge in [0.1, 0.15) is 29.5 Å². The van der Waals surface area contributed by atoms with Gasteiger partial charge in [-0.1, -0.05) is 5.92 Å². The quantitative estimate of drug-likeness (QED) is 0.576. The van der Waals surface area contributed by atoms with E-state index >= 15 is 0 Å². The van der Waals surface area contributed by atoms with Gasteiger partial charge in [-0.25, -0.2) is 23.1 Å². The second-order valence-corrected chi connectivity index (χ2v) is 8.66. The Labute approximate surface area is 188 Å². The summed E-state index contributed by atoms with van der Waals surface area (Å²) in [5.74, 6) is 4.34. The first-order chi connectivity index (χ1) is 15.9. The Morgan fingerprint density at radius 2 is 2.03 bits per heavy atom. The normalized spacial score (nSPS) is 22.0. The SMILES string of the molecule is C[C@@H]1OCC2(CCN(c3nc4[nH]nc(C#Cc5ccc(F)cc5F)c4nc3CF)CC2)[C@@H]1N. The smallest absolute Gasteiger partial charge is 0.177 e. The molecule has 33 heavy (non-hydrogen) atoms. The lowest BCUT2D eigenvalue weighted by Gasteiger charge is -2.41. The number of nitrogens with zero attached hydrogens (tertiary/aromatic N) is 4. The minimum absolute atomic E-state index is 0.0199. The molecule has 172 valence electrons. The van der Waals surface area contributed by atoms with Gasteiger partial charge in [-0.05, 0) is 37.8 Å². The fourth-order valence-corrected chi connectivity index (χ4v) is 4.65. The Morgan fingerprint density at radius 1 is 1.24 bits per heavy atom. The van der Waals surface area contributed by atoms with Crippen LogP contribution in [0.25, 0.3) is 11.2 Å². The number of halogens is 3. The van der Waals surface area contributed by atoms with E-state index in [2.05, 4.69) is 32.0 Å². The molecule has 2 fully saturated rings. The van der Waals surface area contributed by atoms with Gasteiger partial charge in [-0.3, -0.25) is 5.10 Å². The highest BCUT2D eigenvalue weighted by molar-refractivity contribution is 5.78. The fraction of sp³-hybridized carbons (Fsp3) is 0.435. The van der Waals surface area contributed by atoms with Gasteiger partial charge in [0.05, 0.1) is 18.3 Å². The van der Waals surface area contributed by atoms with E-state index in [1.54, 1.807) is 0 Å². The van der Waals surface area contributed by atoms with Gasteiger partial charge in [0.25, 0.3) is 0 Å². The number of nitrogens with two attached hydrogens (primary N) is 1. The Hall–Kier alpha value is -3.16. The molecule has 2 aliphatic rings. The van der Waals surface area contributed by atoms with Crippen LogP contribution in [0.5, 0.6) is 0 Å². The topological polar surface area (TPSA) is 93.0 Å². The molecule has 2 atom stereocenters. The molecule has 0 bridgehead atoms. The molecule has 2 saturated heterocycles. The number of piperidine rings is 1. The van der Waals surface area contributed by atoms with Crippen LogP contribution in [0.15, 0.2) is 18.2 Å². The summed E-state index contributed by atoms with van der Waals surface area (Å²) in [6.45, 7) is 3.17. The van der Waals surface area contributed by atoms with E-state index < -0.39 is 18.3 Å². The standard InChI is InChI=1S/C23H23F3N6O/c1-13-20(27)23(12-33-13)6-8-32(9-7-23)22-18(11-24)28-19-17(30-31-21(19)29-22)5-3-14-2-4-15(25)10-16(14)26/h2,4,10,13,20H,6-9,11-12,27H2,1H3,(H,29,30,31)/t13-,20+/m0/s1. The molecule has 1 spiro atoms. The molecule has 0 amide bonds. The first kappa shape index (κ1) is 21.7. The number of H-pyrrole nitrogens is 1. The average molecular weight is 456 g/mol. The number of aromatic nitrogens is 4. The number of ether oxygens (including phenoxy) is 1. The Balaban J connectivity index is 1.42. The van der Waals surface area contributed by atoms with Crippen LogP contribution >= 0.6 is 0 Å². The highest BCUT2D eigenvalue weighted by Crippen LogP contribution is 2.42. The molecule has 3 N–H and O–H groups in total. The molecule has 2 aromatic heterocycles. The van der Waals surface area contributed by atoms with Crippen molar-refractivity contribution in [2.75, 3.05) is 24.6 Å². The number of anilines is 1. The van der Waals surface area contributed by atoms with Crippen molar-refractivity contribution >= 4 is 17.0 Å².